The molecule has 0 fully saturated rings. The van der Waals surface area contributed by atoms with Crippen LogP contribution in [0.4, 0.5) is 0 Å². The van der Waals surface area contributed by atoms with E-state index in [1.807, 2.05) is 0 Å². The molecule has 0 aromatic carbocycles. The van der Waals surface area contributed by atoms with Gasteiger partial charge in [-0.05, 0) is 24.2 Å². The zero-order chi connectivity index (χ0) is 11.7. The molecule has 0 nitrogen and oxygen atoms in total. The smallest absolute Gasteiger partial charge is 0.0414 e. The van der Waals surface area contributed by atoms with Gasteiger partial charge in [0.15, 0.2) is 0 Å². The van der Waals surface area contributed by atoms with Gasteiger partial charge in [-0.25, -0.2) is 0 Å². The van der Waals surface area contributed by atoms with Gasteiger partial charge in [-0.15, -0.1) is 0 Å². The fourth-order valence-corrected chi connectivity index (χ4v) is 2.55. The summed E-state index contributed by atoms with van der Waals surface area (Å²) in [5.74, 6) is 2.85. The van der Waals surface area contributed by atoms with Gasteiger partial charge in [0.05, 0.1) is 0 Å². The van der Waals surface area contributed by atoms with Crippen molar-refractivity contribution in [1.82, 2.24) is 0 Å². The van der Waals surface area contributed by atoms with Crippen molar-refractivity contribution in [1.29, 1.82) is 0 Å². The predicted octanol–water partition coefficient (Wildman–Crippen LogP) is 5.67. The fraction of sp³-hybridized carbons (Fsp3) is 1.00. The summed E-state index contributed by atoms with van der Waals surface area (Å²) in [5.41, 5.74) is 0. The molecule has 0 aliphatic carbocycles. The third-order valence-corrected chi connectivity index (χ3v) is 3.76. The standard InChI is InChI=1S/C15H32/c1-6-14(7-2)10-9-11-15(8-3)12-13(4)5/h13-15H,6-12H2,1-5H3. The molecule has 0 saturated carbocycles. The van der Waals surface area contributed by atoms with Gasteiger partial charge in [0.1, 0.15) is 0 Å². The molecule has 0 aromatic heterocycles. The first-order valence-electron chi connectivity index (χ1n) is 7.13. The van der Waals surface area contributed by atoms with Crippen LogP contribution < -0.4 is 0 Å². The van der Waals surface area contributed by atoms with Crippen molar-refractivity contribution in [2.24, 2.45) is 17.8 Å². The van der Waals surface area contributed by atoms with Crippen molar-refractivity contribution in [3.8, 4) is 0 Å². The van der Waals surface area contributed by atoms with Gasteiger partial charge in [-0.1, -0.05) is 73.1 Å². The topological polar surface area (TPSA) is 0 Å². The highest BCUT2D eigenvalue weighted by atomic mass is 14.2. The maximum absolute atomic E-state index is 2.35. The Bertz CT molecular complexity index is 122. The van der Waals surface area contributed by atoms with Crippen LogP contribution in [0.5, 0.6) is 0 Å². The summed E-state index contributed by atoms with van der Waals surface area (Å²) in [6.07, 6.45) is 9.93. The van der Waals surface area contributed by atoms with E-state index in [1.54, 1.807) is 0 Å². The van der Waals surface area contributed by atoms with Crippen molar-refractivity contribution >= 4 is 0 Å². The molecule has 0 amide bonds. The summed E-state index contributed by atoms with van der Waals surface area (Å²) in [7, 11) is 0. The largest absolute Gasteiger partial charge is 0.0651 e. The lowest BCUT2D eigenvalue weighted by Gasteiger charge is -2.18. The summed E-state index contributed by atoms with van der Waals surface area (Å²) >= 11 is 0. The van der Waals surface area contributed by atoms with E-state index in [-0.39, 0.29) is 0 Å². The first-order chi connectivity index (χ1) is 7.13. The van der Waals surface area contributed by atoms with Crippen LogP contribution in [0.1, 0.15) is 79.6 Å². The lowest BCUT2D eigenvalue weighted by molar-refractivity contribution is 0.341. The second-order valence-electron chi connectivity index (χ2n) is 5.52. The van der Waals surface area contributed by atoms with Gasteiger partial charge in [0.2, 0.25) is 0 Å². The molecule has 0 aromatic rings. The molecule has 92 valence electrons. The molecule has 0 N–H and O–H groups in total. The minimum atomic E-state index is 0.878. The maximum atomic E-state index is 2.35. The molecule has 0 aliphatic heterocycles. The van der Waals surface area contributed by atoms with E-state index in [1.165, 1.54) is 44.9 Å². The molecule has 15 heavy (non-hydrogen) atoms. The van der Waals surface area contributed by atoms with E-state index in [4.69, 9.17) is 0 Å². The molecule has 1 atom stereocenters. The van der Waals surface area contributed by atoms with E-state index < -0.39 is 0 Å². The van der Waals surface area contributed by atoms with E-state index in [0.29, 0.717) is 0 Å². The van der Waals surface area contributed by atoms with Crippen LogP contribution in [0.3, 0.4) is 0 Å². The monoisotopic (exact) mass is 212 g/mol. The first kappa shape index (κ1) is 15.0. The van der Waals surface area contributed by atoms with Gasteiger partial charge in [0.25, 0.3) is 0 Å². The van der Waals surface area contributed by atoms with Crippen molar-refractivity contribution in [3.05, 3.63) is 0 Å². The highest BCUT2D eigenvalue weighted by Gasteiger charge is 2.10. The summed E-state index contributed by atoms with van der Waals surface area (Å²) in [6, 6.07) is 0. The highest BCUT2D eigenvalue weighted by Crippen LogP contribution is 2.24. The third kappa shape index (κ3) is 7.88. The maximum Gasteiger partial charge on any atom is -0.0414 e. The molecule has 0 bridgehead atoms. The zero-order valence-corrected chi connectivity index (χ0v) is 11.7. The molecular weight excluding hydrogens is 180 g/mol. The Morgan fingerprint density at radius 1 is 0.733 bits per heavy atom. The molecule has 0 spiro atoms. The van der Waals surface area contributed by atoms with Gasteiger partial charge in [-0.3, -0.25) is 0 Å². The van der Waals surface area contributed by atoms with Gasteiger partial charge >= 0.3 is 0 Å². The van der Waals surface area contributed by atoms with Gasteiger partial charge < -0.3 is 0 Å². The van der Waals surface area contributed by atoms with Crippen molar-refractivity contribution < 1.29 is 0 Å². The second-order valence-corrected chi connectivity index (χ2v) is 5.52. The molecule has 0 heterocycles. The fourth-order valence-electron chi connectivity index (χ4n) is 2.55. The van der Waals surface area contributed by atoms with E-state index >= 15 is 0 Å². The molecular formula is C15H32. The van der Waals surface area contributed by atoms with E-state index in [2.05, 4.69) is 34.6 Å². The van der Waals surface area contributed by atoms with E-state index in [0.717, 1.165) is 17.8 Å². The number of hydrogen-bond acceptors (Lipinski definition) is 0. The molecule has 0 saturated heterocycles. The minimum Gasteiger partial charge on any atom is -0.0651 e. The number of hydrogen-bond donors (Lipinski definition) is 0. The Balaban J connectivity index is 3.61. The van der Waals surface area contributed by atoms with Crippen LogP contribution in [0.25, 0.3) is 0 Å². The lowest BCUT2D eigenvalue weighted by atomic mass is 9.88. The van der Waals surface area contributed by atoms with Crippen molar-refractivity contribution in [3.63, 3.8) is 0 Å². The van der Waals surface area contributed by atoms with Crippen LogP contribution >= 0.6 is 0 Å². The van der Waals surface area contributed by atoms with Crippen LogP contribution in [0.2, 0.25) is 0 Å². The lowest BCUT2D eigenvalue weighted by Crippen LogP contribution is -2.05. The van der Waals surface area contributed by atoms with Crippen molar-refractivity contribution in [2.75, 3.05) is 0 Å². The molecule has 0 heteroatoms. The van der Waals surface area contributed by atoms with Crippen molar-refractivity contribution in [2.45, 2.75) is 79.6 Å². The Kier molecular flexibility index (Phi) is 9.24. The summed E-state index contributed by atoms with van der Waals surface area (Å²) < 4.78 is 0. The quantitative estimate of drug-likeness (QED) is 0.462. The van der Waals surface area contributed by atoms with Crippen LogP contribution in [-0.4, -0.2) is 0 Å². The van der Waals surface area contributed by atoms with Gasteiger partial charge in [-0.2, -0.15) is 0 Å². The zero-order valence-electron chi connectivity index (χ0n) is 11.7. The Morgan fingerprint density at radius 3 is 1.60 bits per heavy atom. The molecule has 0 radical (unpaired) electrons. The Hall–Kier alpha value is 0. The Morgan fingerprint density at radius 2 is 1.20 bits per heavy atom. The Labute approximate surface area is 97.8 Å². The van der Waals surface area contributed by atoms with Crippen LogP contribution in [-0.2, 0) is 0 Å². The average molecular weight is 212 g/mol. The average Bonchev–Trinajstić information content (AvgIpc) is 2.22. The first-order valence-corrected chi connectivity index (χ1v) is 7.13. The highest BCUT2D eigenvalue weighted by molar-refractivity contribution is 4.62. The van der Waals surface area contributed by atoms with Crippen LogP contribution in [0.15, 0.2) is 0 Å². The third-order valence-electron chi connectivity index (χ3n) is 3.76. The molecule has 1 unspecified atom stereocenters. The summed E-state index contributed by atoms with van der Waals surface area (Å²) in [5, 5.41) is 0. The summed E-state index contributed by atoms with van der Waals surface area (Å²) in [4.78, 5) is 0. The predicted molar refractivity (Wildman–Crippen MR) is 71.2 cm³/mol. The molecule has 0 aliphatic rings. The van der Waals surface area contributed by atoms with Gasteiger partial charge in [0, 0.05) is 0 Å². The number of rotatable bonds is 9. The SMILES string of the molecule is CCC(CC)CCCC(CC)CC(C)C. The molecule has 0 rings (SSSR count). The normalized spacial score (nSPS) is 13.8. The van der Waals surface area contributed by atoms with E-state index in [9.17, 15) is 0 Å². The minimum absolute atomic E-state index is 0.878. The van der Waals surface area contributed by atoms with Crippen LogP contribution in [0, 0.1) is 17.8 Å². The summed E-state index contributed by atoms with van der Waals surface area (Å²) in [6.45, 7) is 11.7. The second kappa shape index (κ2) is 9.24.